The number of fused-ring (bicyclic) bond motifs is 3. The molecular formula is C10H2Cl6O3P+. The Morgan fingerprint density at radius 3 is 2.15 bits per heavy atom. The first-order valence-electron chi connectivity index (χ1n) is 5.02. The standard InChI is InChI=1S/C10HCl6O3P/c11-5-1-2(6(12)8(14)7(5)13)9(19-20(17)18)4-3(1)10(4,15)16/h3H/p+1. The van der Waals surface area contributed by atoms with Gasteiger partial charge in [0.1, 0.15) is 0 Å². The zero-order chi connectivity index (χ0) is 15.0. The van der Waals surface area contributed by atoms with Gasteiger partial charge in [0, 0.05) is 15.7 Å². The van der Waals surface area contributed by atoms with Gasteiger partial charge in [0.15, 0.2) is 4.33 Å². The summed E-state index contributed by atoms with van der Waals surface area (Å²) < 4.78 is 14.6. The van der Waals surface area contributed by atoms with Crippen LogP contribution < -0.4 is 0 Å². The first-order chi connectivity index (χ1) is 9.19. The summed E-state index contributed by atoms with van der Waals surface area (Å²) in [6.45, 7) is 0. The minimum Gasteiger partial charge on any atom is -0.229 e. The maximum Gasteiger partial charge on any atom is 0.747 e. The fraction of sp³-hybridized carbons (Fsp3) is 0.200. The Morgan fingerprint density at radius 2 is 1.60 bits per heavy atom. The molecule has 0 saturated heterocycles. The lowest BCUT2D eigenvalue weighted by Gasteiger charge is -2.14. The van der Waals surface area contributed by atoms with E-state index in [1.165, 1.54) is 0 Å². The van der Waals surface area contributed by atoms with E-state index >= 15 is 0 Å². The van der Waals surface area contributed by atoms with Crippen LogP contribution in [0.3, 0.4) is 0 Å². The van der Waals surface area contributed by atoms with Crippen molar-refractivity contribution < 1.29 is 14.0 Å². The number of halogens is 6. The molecule has 0 spiro atoms. The van der Waals surface area contributed by atoms with Gasteiger partial charge in [-0.2, -0.15) is 0 Å². The van der Waals surface area contributed by atoms with Gasteiger partial charge < -0.3 is 0 Å². The second kappa shape index (κ2) is 4.78. The molecule has 0 amide bonds. The summed E-state index contributed by atoms with van der Waals surface area (Å²) in [6.07, 6.45) is 0. The van der Waals surface area contributed by atoms with Crippen LogP contribution in [0.15, 0.2) is 5.57 Å². The summed E-state index contributed by atoms with van der Waals surface area (Å²) in [5.41, 5.74) is 1.19. The van der Waals surface area contributed by atoms with Crippen LogP contribution in [-0.4, -0.2) is 9.23 Å². The topological polar surface area (TPSA) is 46.5 Å². The van der Waals surface area contributed by atoms with Gasteiger partial charge in [0.05, 0.1) is 26.0 Å². The molecule has 106 valence electrons. The molecule has 3 rings (SSSR count). The van der Waals surface area contributed by atoms with Crippen molar-refractivity contribution in [2.75, 3.05) is 0 Å². The highest BCUT2D eigenvalue weighted by Crippen LogP contribution is 2.74. The predicted molar refractivity (Wildman–Crippen MR) is 81.5 cm³/mol. The first-order valence-corrected chi connectivity index (χ1v) is 8.42. The van der Waals surface area contributed by atoms with Crippen molar-refractivity contribution in [1.29, 1.82) is 0 Å². The van der Waals surface area contributed by atoms with Crippen LogP contribution in [0.1, 0.15) is 17.0 Å². The van der Waals surface area contributed by atoms with Crippen LogP contribution in [0.5, 0.6) is 0 Å². The fourth-order valence-corrected chi connectivity index (χ4v) is 4.46. The lowest BCUT2D eigenvalue weighted by molar-refractivity contribution is 0.392. The maximum absolute atomic E-state index is 11.0. The molecule has 1 saturated carbocycles. The summed E-state index contributed by atoms with van der Waals surface area (Å²) >= 11 is 36.5. The molecule has 20 heavy (non-hydrogen) atoms. The van der Waals surface area contributed by atoms with Crippen molar-refractivity contribution in [3.63, 3.8) is 0 Å². The molecule has 3 nitrogen and oxygen atoms in total. The second-order valence-corrected chi connectivity index (χ2v) is 7.73. The molecule has 1 fully saturated rings. The van der Waals surface area contributed by atoms with Crippen LogP contribution in [-0.2, 0) is 9.09 Å². The first kappa shape index (κ1) is 15.5. The van der Waals surface area contributed by atoms with Gasteiger partial charge in [-0.3, -0.25) is 0 Å². The molecule has 2 aliphatic rings. The fourth-order valence-electron chi connectivity index (χ4n) is 2.33. The van der Waals surface area contributed by atoms with E-state index in [1.807, 2.05) is 0 Å². The lowest BCUT2D eigenvalue weighted by Crippen LogP contribution is -2.01. The van der Waals surface area contributed by atoms with E-state index in [-0.39, 0.29) is 25.8 Å². The largest absolute Gasteiger partial charge is 0.747 e. The van der Waals surface area contributed by atoms with E-state index in [4.69, 9.17) is 79.0 Å². The molecule has 0 aliphatic heterocycles. The third-order valence-electron chi connectivity index (χ3n) is 3.16. The molecule has 1 N–H and O–H groups in total. The minimum absolute atomic E-state index is 0.0306. The molecule has 2 aliphatic carbocycles. The van der Waals surface area contributed by atoms with Crippen LogP contribution in [0.2, 0.25) is 20.1 Å². The maximum atomic E-state index is 11.0. The minimum atomic E-state index is -2.92. The van der Waals surface area contributed by atoms with E-state index < -0.39 is 18.5 Å². The number of alkyl halides is 2. The molecule has 1 aromatic rings. The van der Waals surface area contributed by atoms with E-state index in [0.717, 1.165) is 0 Å². The molecule has 10 heteroatoms. The summed E-state index contributed by atoms with van der Waals surface area (Å²) in [7, 11) is -2.92. The van der Waals surface area contributed by atoms with Crippen molar-refractivity contribution in [3.05, 3.63) is 36.8 Å². The van der Waals surface area contributed by atoms with E-state index in [2.05, 4.69) is 0 Å². The van der Waals surface area contributed by atoms with E-state index in [1.54, 1.807) is 0 Å². The van der Waals surface area contributed by atoms with Crippen LogP contribution >= 0.6 is 77.9 Å². The molecule has 2 unspecified atom stereocenters. The van der Waals surface area contributed by atoms with Gasteiger partial charge in [0.2, 0.25) is 5.76 Å². The van der Waals surface area contributed by atoms with Crippen molar-refractivity contribution in [3.8, 4) is 0 Å². The monoisotopic (exact) mass is 411 g/mol. The van der Waals surface area contributed by atoms with Gasteiger partial charge >= 0.3 is 8.25 Å². The van der Waals surface area contributed by atoms with Gasteiger partial charge in [-0.1, -0.05) is 69.6 Å². The molecule has 0 bridgehead atoms. The quantitative estimate of drug-likeness (QED) is 0.281. The van der Waals surface area contributed by atoms with Crippen molar-refractivity contribution in [2.45, 2.75) is 10.3 Å². The number of rotatable bonds is 2. The predicted octanol–water partition coefficient (Wildman–Crippen LogP) is 5.96. The molecule has 1 aromatic carbocycles. The Bertz CT molecular complexity index is 714. The molecule has 0 radical (unpaired) electrons. The summed E-state index contributed by atoms with van der Waals surface area (Å²) in [6, 6.07) is 0. The average molecular weight is 414 g/mol. The van der Waals surface area contributed by atoms with Gasteiger partial charge in [-0.25, -0.2) is 4.52 Å². The molecule has 2 atom stereocenters. The summed E-state index contributed by atoms with van der Waals surface area (Å²) in [5.74, 6) is -0.449. The number of hydrogen-bond donors (Lipinski definition) is 1. The zero-order valence-corrected chi connectivity index (χ0v) is 14.5. The van der Waals surface area contributed by atoms with Gasteiger partial charge in [0.25, 0.3) is 0 Å². The molecule has 0 heterocycles. The Balaban J connectivity index is 2.31. The zero-order valence-electron chi connectivity index (χ0n) is 9.06. The highest BCUT2D eigenvalue weighted by atomic mass is 35.5. The summed E-state index contributed by atoms with van der Waals surface area (Å²) in [5, 5.41) is 0.324. The van der Waals surface area contributed by atoms with Gasteiger partial charge in [-0.15, -0.1) is 4.89 Å². The van der Waals surface area contributed by atoms with Crippen LogP contribution in [0.25, 0.3) is 5.76 Å². The van der Waals surface area contributed by atoms with E-state index in [9.17, 15) is 4.57 Å². The van der Waals surface area contributed by atoms with Crippen molar-refractivity contribution in [2.24, 2.45) is 0 Å². The van der Waals surface area contributed by atoms with Crippen LogP contribution in [0.4, 0.5) is 0 Å². The van der Waals surface area contributed by atoms with Gasteiger partial charge in [-0.05, 0) is 5.56 Å². The Hall–Kier alpha value is 0.560. The second-order valence-electron chi connectivity index (χ2n) is 4.17. The Labute approximate surface area is 144 Å². The molecule has 0 aromatic heterocycles. The number of hydrogen-bond acceptors (Lipinski definition) is 2. The molecular weight excluding hydrogens is 412 g/mol. The third-order valence-corrected chi connectivity index (χ3v) is 6.16. The SMILES string of the molecule is O=[P+](O)OC1=C2C(c3c(Cl)c(Cl)c(Cl)c(Cl)c31)C2(Cl)Cl. The number of allylic oxidation sites excluding steroid dienone is 1. The lowest BCUT2D eigenvalue weighted by atomic mass is 10.1. The summed E-state index contributed by atoms with van der Waals surface area (Å²) in [4.78, 5) is 8.96. The van der Waals surface area contributed by atoms with Crippen LogP contribution in [0, 0.1) is 0 Å². The van der Waals surface area contributed by atoms with E-state index in [0.29, 0.717) is 16.7 Å². The van der Waals surface area contributed by atoms with Crippen molar-refractivity contribution in [1.82, 2.24) is 0 Å². The van der Waals surface area contributed by atoms with Crippen molar-refractivity contribution >= 4 is 83.6 Å². The number of benzene rings is 1. The average Bonchev–Trinajstić information content (AvgIpc) is 2.73. The Morgan fingerprint density at radius 1 is 1.05 bits per heavy atom. The Kier molecular flexibility index (Phi) is 3.69. The smallest absolute Gasteiger partial charge is 0.229 e. The highest BCUT2D eigenvalue weighted by molar-refractivity contribution is 7.32. The highest BCUT2D eigenvalue weighted by Gasteiger charge is 2.68. The third kappa shape index (κ3) is 1.92. The normalized spacial score (nSPS) is 22.6.